The number of aromatic nitrogens is 3. The van der Waals surface area contributed by atoms with Gasteiger partial charge >= 0.3 is 0 Å². The molecule has 1 amide bonds. The molecule has 6 heteroatoms. The number of carbonyl (C=O) groups excluding carboxylic acids is 1. The fourth-order valence-corrected chi connectivity index (χ4v) is 1.97. The van der Waals surface area contributed by atoms with E-state index in [4.69, 9.17) is 0 Å². The highest BCUT2D eigenvalue weighted by molar-refractivity contribution is 5.90. The molecule has 0 radical (unpaired) electrons. The van der Waals surface area contributed by atoms with Crippen molar-refractivity contribution < 1.29 is 4.79 Å². The van der Waals surface area contributed by atoms with Gasteiger partial charge in [-0.2, -0.15) is 0 Å². The lowest BCUT2D eigenvalue weighted by Crippen LogP contribution is -2.45. The van der Waals surface area contributed by atoms with E-state index in [1.165, 1.54) is 0 Å². The van der Waals surface area contributed by atoms with Crippen molar-refractivity contribution in [2.45, 2.75) is 38.6 Å². The van der Waals surface area contributed by atoms with Crippen LogP contribution in [0.1, 0.15) is 42.6 Å². The zero-order valence-corrected chi connectivity index (χ0v) is 10.1. The number of aryl methyl sites for hydroxylation is 1. The molecule has 0 saturated carbocycles. The highest BCUT2D eigenvalue weighted by Crippen LogP contribution is 2.03. The van der Waals surface area contributed by atoms with Crippen LogP contribution in [0, 0.1) is 0 Å². The van der Waals surface area contributed by atoms with Gasteiger partial charge in [0.15, 0.2) is 0 Å². The molecular formula is C11H19N5O. The van der Waals surface area contributed by atoms with Crippen molar-refractivity contribution in [3.63, 3.8) is 0 Å². The first-order chi connectivity index (χ1) is 8.29. The molecule has 1 saturated heterocycles. The van der Waals surface area contributed by atoms with Crippen molar-refractivity contribution in [3.05, 3.63) is 11.6 Å². The highest BCUT2D eigenvalue weighted by atomic mass is 16.2. The molecule has 2 heterocycles. The van der Waals surface area contributed by atoms with E-state index in [0.717, 1.165) is 44.6 Å². The summed E-state index contributed by atoms with van der Waals surface area (Å²) in [5.41, 5.74) is 0. The molecule has 94 valence electrons. The number of nitrogens with zero attached hydrogens (tertiary/aromatic N) is 2. The van der Waals surface area contributed by atoms with Crippen molar-refractivity contribution in [2.24, 2.45) is 0 Å². The third-order valence-corrected chi connectivity index (χ3v) is 2.85. The van der Waals surface area contributed by atoms with Crippen LogP contribution in [0.2, 0.25) is 0 Å². The zero-order valence-electron chi connectivity index (χ0n) is 10.1. The van der Waals surface area contributed by atoms with Crippen LogP contribution in [0.3, 0.4) is 0 Å². The van der Waals surface area contributed by atoms with Gasteiger partial charge in [0.1, 0.15) is 5.82 Å². The standard InChI is InChI=1S/C11H19N5O/c1-2-4-9-14-10(16-15-9)11(17)13-8-5-3-6-12-7-8/h8,12H,2-7H2,1H3,(H,13,17)(H,14,15,16). The Kier molecular flexibility index (Phi) is 4.08. The lowest BCUT2D eigenvalue weighted by Gasteiger charge is -2.23. The van der Waals surface area contributed by atoms with Gasteiger partial charge in [0, 0.05) is 19.0 Å². The number of carbonyl (C=O) groups is 1. The molecule has 17 heavy (non-hydrogen) atoms. The second kappa shape index (κ2) is 5.77. The molecule has 1 aromatic rings. The first-order valence-corrected chi connectivity index (χ1v) is 6.22. The molecule has 0 spiro atoms. The van der Waals surface area contributed by atoms with Crippen molar-refractivity contribution >= 4 is 5.91 Å². The Morgan fingerprint density at radius 2 is 2.47 bits per heavy atom. The summed E-state index contributed by atoms with van der Waals surface area (Å²) in [6, 6.07) is 0.198. The number of nitrogens with one attached hydrogen (secondary N) is 3. The van der Waals surface area contributed by atoms with Crippen LogP contribution in [-0.2, 0) is 6.42 Å². The zero-order chi connectivity index (χ0) is 12.1. The summed E-state index contributed by atoms with van der Waals surface area (Å²) < 4.78 is 0. The quantitative estimate of drug-likeness (QED) is 0.700. The van der Waals surface area contributed by atoms with Gasteiger partial charge in [-0.1, -0.05) is 6.92 Å². The Morgan fingerprint density at radius 3 is 3.18 bits per heavy atom. The SMILES string of the molecule is CCCc1nc(C(=O)NC2CCCNC2)n[nH]1. The van der Waals surface area contributed by atoms with E-state index in [-0.39, 0.29) is 17.8 Å². The first kappa shape index (κ1) is 12.0. The fourth-order valence-electron chi connectivity index (χ4n) is 1.97. The third kappa shape index (κ3) is 3.26. The van der Waals surface area contributed by atoms with Gasteiger partial charge in [-0.3, -0.25) is 9.89 Å². The van der Waals surface area contributed by atoms with Crippen LogP contribution in [0.15, 0.2) is 0 Å². The summed E-state index contributed by atoms with van der Waals surface area (Å²) in [5.74, 6) is 0.843. The Bertz CT molecular complexity index is 370. The Hall–Kier alpha value is -1.43. The second-order valence-corrected chi connectivity index (χ2v) is 4.37. The van der Waals surface area contributed by atoms with Gasteiger partial charge in [0.2, 0.25) is 5.82 Å². The average molecular weight is 237 g/mol. The minimum Gasteiger partial charge on any atom is -0.345 e. The molecule has 1 aliphatic rings. The molecule has 0 aromatic carbocycles. The van der Waals surface area contributed by atoms with Crippen molar-refractivity contribution in [1.82, 2.24) is 25.8 Å². The van der Waals surface area contributed by atoms with E-state index in [9.17, 15) is 4.79 Å². The number of H-pyrrole nitrogens is 1. The van der Waals surface area contributed by atoms with Gasteiger partial charge in [-0.15, -0.1) is 5.10 Å². The third-order valence-electron chi connectivity index (χ3n) is 2.85. The maximum Gasteiger partial charge on any atom is 0.291 e. The molecule has 0 aliphatic carbocycles. The van der Waals surface area contributed by atoms with E-state index >= 15 is 0 Å². The van der Waals surface area contributed by atoms with Gasteiger partial charge in [-0.05, 0) is 25.8 Å². The van der Waals surface area contributed by atoms with Crippen LogP contribution in [0.25, 0.3) is 0 Å². The molecule has 6 nitrogen and oxygen atoms in total. The van der Waals surface area contributed by atoms with Crippen molar-refractivity contribution in [3.8, 4) is 0 Å². The minimum absolute atomic E-state index is 0.183. The van der Waals surface area contributed by atoms with E-state index < -0.39 is 0 Å². The maximum atomic E-state index is 11.8. The normalized spacial score (nSPS) is 20.2. The number of hydrogen-bond acceptors (Lipinski definition) is 4. The van der Waals surface area contributed by atoms with Gasteiger partial charge in [0.05, 0.1) is 0 Å². The predicted molar refractivity (Wildman–Crippen MR) is 63.7 cm³/mol. The molecule has 1 fully saturated rings. The first-order valence-electron chi connectivity index (χ1n) is 6.22. The maximum absolute atomic E-state index is 11.8. The van der Waals surface area contributed by atoms with Crippen molar-refractivity contribution in [2.75, 3.05) is 13.1 Å². The number of amides is 1. The van der Waals surface area contributed by atoms with E-state index in [1.807, 2.05) is 0 Å². The minimum atomic E-state index is -0.183. The topological polar surface area (TPSA) is 82.7 Å². The lowest BCUT2D eigenvalue weighted by atomic mass is 10.1. The summed E-state index contributed by atoms with van der Waals surface area (Å²) in [6.07, 6.45) is 3.93. The summed E-state index contributed by atoms with van der Waals surface area (Å²) in [7, 11) is 0. The molecular weight excluding hydrogens is 218 g/mol. The molecule has 3 N–H and O–H groups in total. The second-order valence-electron chi connectivity index (χ2n) is 4.37. The fraction of sp³-hybridized carbons (Fsp3) is 0.727. The monoisotopic (exact) mass is 237 g/mol. The number of rotatable bonds is 4. The Morgan fingerprint density at radius 1 is 1.59 bits per heavy atom. The molecule has 1 aromatic heterocycles. The number of aromatic amines is 1. The number of hydrogen-bond donors (Lipinski definition) is 3. The van der Waals surface area contributed by atoms with E-state index in [2.05, 4.69) is 32.7 Å². The smallest absolute Gasteiger partial charge is 0.291 e. The molecule has 0 bridgehead atoms. The van der Waals surface area contributed by atoms with E-state index in [0.29, 0.717) is 0 Å². The van der Waals surface area contributed by atoms with Crippen molar-refractivity contribution in [1.29, 1.82) is 0 Å². The summed E-state index contributed by atoms with van der Waals surface area (Å²) in [4.78, 5) is 16.0. The van der Waals surface area contributed by atoms with Crippen LogP contribution in [0.4, 0.5) is 0 Å². The van der Waals surface area contributed by atoms with Gasteiger partial charge < -0.3 is 10.6 Å². The molecule has 1 aliphatic heterocycles. The molecule has 2 rings (SSSR count). The summed E-state index contributed by atoms with van der Waals surface area (Å²) in [6.45, 7) is 3.93. The molecule has 1 atom stereocenters. The lowest BCUT2D eigenvalue weighted by molar-refractivity contribution is 0.0920. The Balaban J connectivity index is 1.89. The average Bonchev–Trinajstić information content (AvgIpc) is 2.79. The van der Waals surface area contributed by atoms with Gasteiger partial charge in [0.25, 0.3) is 5.91 Å². The van der Waals surface area contributed by atoms with Crippen LogP contribution in [0.5, 0.6) is 0 Å². The largest absolute Gasteiger partial charge is 0.345 e. The predicted octanol–water partition coefficient (Wildman–Crippen LogP) is 0.239. The van der Waals surface area contributed by atoms with Crippen LogP contribution >= 0.6 is 0 Å². The summed E-state index contributed by atoms with van der Waals surface area (Å²) >= 11 is 0. The van der Waals surface area contributed by atoms with Gasteiger partial charge in [-0.25, -0.2) is 4.98 Å². The van der Waals surface area contributed by atoms with E-state index in [1.54, 1.807) is 0 Å². The highest BCUT2D eigenvalue weighted by Gasteiger charge is 2.18. The summed E-state index contributed by atoms with van der Waals surface area (Å²) in [5, 5.41) is 12.9. The van der Waals surface area contributed by atoms with Crippen LogP contribution < -0.4 is 10.6 Å². The Labute approximate surface area is 101 Å². The number of piperidine rings is 1. The van der Waals surface area contributed by atoms with Crippen LogP contribution in [-0.4, -0.2) is 40.2 Å². The molecule has 1 unspecified atom stereocenters.